The molecule has 7 heteroatoms. The monoisotopic (exact) mass is 521 g/mol. The third kappa shape index (κ3) is 5.81. The molecule has 1 N–H and O–H groups in total. The molecule has 0 saturated heterocycles. The zero-order valence-electron chi connectivity index (χ0n) is 13.1. The number of aromatic carboxylic acids is 1. The Morgan fingerprint density at radius 2 is 1.92 bits per heavy atom. The van der Waals surface area contributed by atoms with E-state index in [1.54, 1.807) is 60.4 Å². The first-order chi connectivity index (χ1) is 11.5. The van der Waals surface area contributed by atoms with Gasteiger partial charge in [-0.1, -0.05) is 23.8 Å². The quantitative estimate of drug-likeness (QED) is 0.418. The molecule has 0 aliphatic rings. The molecule has 3 rings (SSSR count). The van der Waals surface area contributed by atoms with Gasteiger partial charge in [0.2, 0.25) is 0 Å². The van der Waals surface area contributed by atoms with Crippen molar-refractivity contribution in [1.29, 1.82) is 0 Å². The van der Waals surface area contributed by atoms with E-state index in [1.165, 1.54) is 0 Å². The summed E-state index contributed by atoms with van der Waals surface area (Å²) in [5, 5.41) is 8.54. The van der Waals surface area contributed by atoms with Gasteiger partial charge in [-0.05, 0) is 17.8 Å². The maximum Gasteiger partial charge on any atom is 0.401 e. The van der Waals surface area contributed by atoms with Crippen molar-refractivity contribution in [1.82, 2.24) is 4.98 Å². The van der Waals surface area contributed by atoms with E-state index in [0.717, 1.165) is 12.1 Å². The molecule has 3 aromatic rings. The number of hydrogen-bond acceptors (Lipinski definition) is 2. The van der Waals surface area contributed by atoms with E-state index in [-0.39, 0.29) is 25.7 Å². The molecule has 0 saturated carbocycles. The van der Waals surface area contributed by atoms with Gasteiger partial charge in [0, 0.05) is 50.1 Å². The normalized spacial score (nSPS) is 9.40. The van der Waals surface area contributed by atoms with Gasteiger partial charge in [-0.2, -0.15) is 4.57 Å². The molecule has 1 radical (unpaired) electrons. The van der Waals surface area contributed by atoms with Crippen LogP contribution in [0.15, 0.2) is 60.9 Å². The van der Waals surface area contributed by atoms with Crippen molar-refractivity contribution >= 4 is 5.97 Å². The molecule has 2 aromatic heterocycles. The van der Waals surface area contributed by atoms with Gasteiger partial charge in [-0.25, -0.2) is 4.79 Å². The fraction of sp³-hybridized carbons (Fsp3) is 0.0556. The average molecular weight is 521 g/mol. The van der Waals surface area contributed by atoms with E-state index in [2.05, 4.69) is 11.1 Å². The first kappa shape index (κ1) is 20.5. The van der Waals surface area contributed by atoms with E-state index in [0.29, 0.717) is 11.4 Å². The Hall–Kier alpha value is -2.50. The van der Waals surface area contributed by atoms with Crippen LogP contribution in [0.5, 0.6) is 0 Å². The summed E-state index contributed by atoms with van der Waals surface area (Å²) in [5.74, 6) is -2.19. The van der Waals surface area contributed by atoms with Crippen LogP contribution in [-0.4, -0.2) is 16.1 Å². The van der Waals surface area contributed by atoms with Crippen molar-refractivity contribution in [2.24, 2.45) is 7.05 Å². The van der Waals surface area contributed by atoms with Crippen LogP contribution in [-0.2, 0) is 27.2 Å². The van der Waals surface area contributed by atoms with Gasteiger partial charge in [0.05, 0.1) is 0 Å². The SMILES string of the molecule is C[n+]1ccccc1C(=O)O.Fc1c[c-]c(-c2ccccn2)c(F)c1.[Ir]. The van der Waals surface area contributed by atoms with Crippen molar-refractivity contribution in [3.8, 4) is 11.3 Å². The summed E-state index contributed by atoms with van der Waals surface area (Å²) in [7, 11) is 1.70. The van der Waals surface area contributed by atoms with E-state index < -0.39 is 17.6 Å². The third-order valence-electron chi connectivity index (χ3n) is 3.05. The Morgan fingerprint density at radius 3 is 2.44 bits per heavy atom. The summed E-state index contributed by atoms with van der Waals surface area (Å²) in [6.07, 6.45) is 3.25. The molecule has 1 aromatic carbocycles. The molecule has 131 valence electrons. The van der Waals surface area contributed by atoms with Gasteiger partial charge in [0.25, 0.3) is 5.69 Å². The number of halogens is 2. The zero-order chi connectivity index (χ0) is 17.5. The van der Waals surface area contributed by atoms with Gasteiger partial charge in [0.1, 0.15) is 7.05 Å². The minimum atomic E-state index is -0.900. The fourth-order valence-electron chi connectivity index (χ4n) is 1.90. The Balaban J connectivity index is 0.000000254. The van der Waals surface area contributed by atoms with Crippen molar-refractivity contribution in [2.45, 2.75) is 0 Å². The number of rotatable bonds is 2. The van der Waals surface area contributed by atoms with Crippen LogP contribution in [0.4, 0.5) is 8.78 Å². The van der Waals surface area contributed by atoms with E-state index in [4.69, 9.17) is 5.11 Å². The van der Waals surface area contributed by atoms with Gasteiger partial charge in [-0.3, -0.25) is 8.78 Å². The standard InChI is InChI=1S/C11H6F2N.C7H7NO2.Ir/c12-8-4-5-9(10(13)7-8)11-3-1-2-6-14-11;1-8-5-3-2-4-6(8)7(9)10;/h1-4,6-7H;2-5H,1H3;/q-1;;/p+1. The average Bonchev–Trinajstić information content (AvgIpc) is 2.56. The maximum absolute atomic E-state index is 13.2. The first-order valence-electron chi connectivity index (χ1n) is 6.95. The zero-order valence-corrected chi connectivity index (χ0v) is 15.5. The summed E-state index contributed by atoms with van der Waals surface area (Å²) >= 11 is 0. The Labute approximate surface area is 157 Å². The number of aryl methyl sites for hydroxylation is 1. The van der Waals surface area contributed by atoms with Gasteiger partial charge in [-0.15, -0.1) is 12.1 Å². The second-order valence-corrected chi connectivity index (χ2v) is 4.76. The summed E-state index contributed by atoms with van der Waals surface area (Å²) < 4.78 is 27.4. The van der Waals surface area contributed by atoms with E-state index in [1.807, 2.05) is 0 Å². The fourth-order valence-corrected chi connectivity index (χ4v) is 1.90. The molecule has 4 nitrogen and oxygen atoms in total. The predicted molar refractivity (Wildman–Crippen MR) is 83.0 cm³/mol. The second-order valence-electron chi connectivity index (χ2n) is 4.76. The summed E-state index contributed by atoms with van der Waals surface area (Å²) in [6, 6.07) is 14.6. The second kappa shape index (κ2) is 9.71. The number of carbonyl (C=O) groups is 1. The number of pyridine rings is 2. The molecular weight excluding hydrogens is 506 g/mol. The number of nitrogens with zero attached hydrogens (tertiary/aromatic N) is 2. The molecule has 25 heavy (non-hydrogen) atoms. The molecule has 0 fully saturated rings. The molecule has 0 aliphatic heterocycles. The van der Waals surface area contributed by atoms with Crippen molar-refractivity contribution < 1.29 is 43.4 Å². The van der Waals surface area contributed by atoms with Crippen LogP contribution in [0.25, 0.3) is 11.3 Å². The van der Waals surface area contributed by atoms with Gasteiger partial charge < -0.3 is 10.1 Å². The smallest absolute Gasteiger partial charge is 0.401 e. The minimum absolute atomic E-state index is 0. The van der Waals surface area contributed by atoms with Crippen molar-refractivity contribution in [2.75, 3.05) is 0 Å². The molecule has 0 atom stereocenters. The van der Waals surface area contributed by atoms with Crippen LogP contribution in [0.1, 0.15) is 10.5 Å². The van der Waals surface area contributed by atoms with Gasteiger partial charge in [0.15, 0.2) is 6.20 Å². The van der Waals surface area contributed by atoms with Crippen molar-refractivity contribution in [3.63, 3.8) is 0 Å². The molecule has 0 amide bonds. The van der Waals surface area contributed by atoms with Crippen LogP contribution in [0.2, 0.25) is 0 Å². The van der Waals surface area contributed by atoms with Crippen LogP contribution >= 0.6 is 0 Å². The summed E-state index contributed by atoms with van der Waals surface area (Å²) in [6.45, 7) is 0. The van der Waals surface area contributed by atoms with Gasteiger partial charge >= 0.3 is 5.97 Å². The Kier molecular flexibility index (Phi) is 7.98. The number of aromatic nitrogens is 2. The number of carboxylic acid groups (broad SMARTS) is 1. The predicted octanol–water partition coefficient (Wildman–Crippen LogP) is 3.03. The summed E-state index contributed by atoms with van der Waals surface area (Å²) in [5.41, 5.74) is 0.930. The number of carboxylic acids is 1. The Bertz CT molecular complexity index is 845. The molecule has 0 spiro atoms. The van der Waals surface area contributed by atoms with Crippen LogP contribution in [0.3, 0.4) is 0 Å². The topological polar surface area (TPSA) is 54.1 Å². The van der Waals surface area contributed by atoms with E-state index >= 15 is 0 Å². The number of hydrogen-bond donors (Lipinski definition) is 1. The molecule has 0 unspecified atom stereocenters. The molecule has 0 bridgehead atoms. The maximum atomic E-state index is 13.2. The summed E-state index contributed by atoms with van der Waals surface area (Å²) in [4.78, 5) is 14.3. The molecular formula is C18H14F2IrN2O2. The van der Waals surface area contributed by atoms with E-state index in [9.17, 15) is 13.6 Å². The molecule has 2 heterocycles. The Morgan fingerprint density at radius 1 is 1.20 bits per heavy atom. The van der Waals surface area contributed by atoms with Crippen molar-refractivity contribution in [3.05, 3.63) is 84.3 Å². The molecule has 0 aliphatic carbocycles. The minimum Gasteiger partial charge on any atom is -0.473 e. The first-order valence-corrected chi connectivity index (χ1v) is 6.95. The van der Waals surface area contributed by atoms with Crippen LogP contribution < -0.4 is 4.57 Å². The third-order valence-corrected chi connectivity index (χ3v) is 3.05. The van der Waals surface area contributed by atoms with Crippen LogP contribution in [0, 0.1) is 17.7 Å². The number of benzene rings is 1. The largest absolute Gasteiger partial charge is 0.473 e.